The standard InChI is InChI=1S/C18H22N4O/c1-13(14-7-3-2-4-8-14)21-18(23)16-11-20-17(12-19-16)22-15-9-5-6-10-15/h2-4,7-8,11-13,15H,5-6,9-10H2,1H3,(H,20,22)(H,21,23). The van der Waals surface area contributed by atoms with E-state index in [0.29, 0.717) is 11.7 Å². The molecule has 1 aliphatic carbocycles. The highest BCUT2D eigenvalue weighted by atomic mass is 16.1. The van der Waals surface area contributed by atoms with Gasteiger partial charge in [0.15, 0.2) is 0 Å². The molecule has 1 amide bonds. The summed E-state index contributed by atoms with van der Waals surface area (Å²) < 4.78 is 0. The topological polar surface area (TPSA) is 66.9 Å². The number of anilines is 1. The highest BCUT2D eigenvalue weighted by molar-refractivity contribution is 5.92. The van der Waals surface area contributed by atoms with Gasteiger partial charge in [-0.05, 0) is 25.3 Å². The minimum Gasteiger partial charge on any atom is -0.366 e. The quantitative estimate of drug-likeness (QED) is 0.889. The number of aromatic nitrogens is 2. The molecule has 1 aliphatic rings. The van der Waals surface area contributed by atoms with Crippen molar-refractivity contribution >= 4 is 11.7 Å². The molecule has 0 spiro atoms. The van der Waals surface area contributed by atoms with Crippen LogP contribution < -0.4 is 10.6 Å². The first-order valence-electron chi connectivity index (χ1n) is 8.17. The van der Waals surface area contributed by atoms with Crippen LogP contribution in [0.15, 0.2) is 42.7 Å². The fourth-order valence-electron chi connectivity index (χ4n) is 2.89. The number of hydrogen-bond acceptors (Lipinski definition) is 4. The lowest BCUT2D eigenvalue weighted by Crippen LogP contribution is -2.27. The number of hydrogen-bond donors (Lipinski definition) is 2. The Morgan fingerprint density at radius 2 is 1.87 bits per heavy atom. The molecule has 5 nitrogen and oxygen atoms in total. The molecule has 1 saturated carbocycles. The Labute approximate surface area is 136 Å². The van der Waals surface area contributed by atoms with Crippen LogP contribution in [-0.4, -0.2) is 21.9 Å². The predicted octanol–water partition coefficient (Wildman–Crippen LogP) is 3.32. The van der Waals surface area contributed by atoms with E-state index in [2.05, 4.69) is 20.6 Å². The SMILES string of the molecule is CC(NC(=O)c1cnc(NC2CCCC2)cn1)c1ccccc1. The average Bonchev–Trinajstić information content (AvgIpc) is 3.09. The Kier molecular flexibility index (Phi) is 4.86. The Morgan fingerprint density at radius 1 is 1.13 bits per heavy atom. The van der Waals surface area contributed by atoms with Crippen molar-refractivity contribution in [1.29, 1.82) is 0 Å². The molecular weight excluding hydrogens is 288 g/mol. The van der Waals surface area contributed by atoms with Gasteiger partial charge in [0.1, 0.15) is 11.5 Å². The van der Waals surface area contributed by atoms with Crippen molar-refractivity contribution in [3.63, 3.8) is 0 Å². The van der Waals surface area contributed by atoms with E-state index in [-0.39, 0.29) is 11.9 Å². The summed E-state index contributed by atoms with van der Waals surface area (Å²) >= 11 is 0. The summed E-state index contributed by atoms with van der Waals surface area (Å²) in [6, 6.07) is 10.3. The molecule has 2 aromatic rings. The van der Waals surface area contributed by atoms with Crippen molar-refractivity contribution in [2.24, 2.45) is 0 Å². The normalized spacial score (nSPS) is 16.0. The second-order valence-corrected chi connectivity index (χ2v) is 6.02. The molecule has 1 aromatic carbocycles. The average molecular weight is 310 g/mol. The van der Waals surface area contributed by atoms with E-state index in [0.717, 1.165) is 11.4 Å². The van der Waals surface area contributed by atoms with Crippen LogP contribution in [0.2, 0.25) is 0 Å². The molecule has 1 unspecified atom stereocenters. The summed E-state index contributed by atoms with van der Waals surface area (Å²) in [7, 11) is 0. The zero-order valence-electron chi connectivity index (χ0n) is 13.3. The fraction of sp³-hybridized carbons (Fsp3) is 0.389. The molecule has 23 heavy (non-hydrogen) atoms. The molecule has 1 fully saturated rings. The fourth-order valence-corrected chi connectivity index (χ4v) is 2.89. The number of carbonyl (C=O) groups is 1. The van der Waals surface area contributed by atoms with Crippen LogP contribution >= 0.6 is 0 Å². The van der Waals surface area contributed by atoms with Gasteiger partial charge in [-0.3, -0.25) is 4.79 Å². The second kappa shape index (κ2) is 7.22. The number of amides is 1. The third-order valence-corrected chi connectivity index (χ3v) is 4.24. The van der Waals surface area contributed by atoms with Crippen molar-refractivity contribution in [3.05, 3.63) is 54.0 Å². The maximum atomic E-state index is 12.3. The van der Waals surface area contributed by atoms with Gasteiger partial charge in [0.25, 0.3) is 5.91 Å². The Hall–Kier alpha value is -2.43. The monoisotopic (exact) mass is 310 g/mol. The zero-order chi connectivity index (χ0) is 16.1. The summed E-state index contributed by atoms with van der Waals surface area (Å²) in [5.74, 6) is 0.533. The number of carbonyl (C=O) groups excluding carboxylic acids is 1. The molecule has 1 heterocycles. The minimum absolute atomic E-state index is 0.0678. The molecule has 0 radical (unpaired) electrons. The van der Waals surface area contributed by atoms with Crippen LogP contribution in [0.1, 0.15) is 54.7 Å². The van der Waals surface area contributed by atoms with Gasteiger partial charge in [0.05, 0.1) is 18.4 Å². The van der Waals surface area contributed by atoms with Crippen LogP contribution in [0.3, 0.4) is 0 Å². The van der Waals surface area contributed by atoms with Crippen LogP contribution in [0.25, 0.3) is 0 Å². The molecule has 1 aromatic heterocycles. The summed E-state index contributed by atoms with van der Waals surface area (Å²) in [5.41, 5.74) is 1.40. The largest absolute Gasteiger partial charge is 0.366 e. The summed E-state index contributed by atoms with van der Waals surface area (Å²) in [5, 5.41) is 6.31. The van der Waals surface area contributed by atoms with Crippen molar-refractivity contribution in [2.45, 2.75) is 44.7 Å². The third kappa shape index (κ3) is 4.06. The van der Waals surface area contributed by atoms with E-state index in [1.807, 2.05) is 37.3 Å². The lowest BCUT2D eigenvalue weighted by atomic mass is 10.1. The van der Waals surface area contributed by atoms with Crippen LogP contribution in [0, 0.1) is 0 Å². The summed E-state index contributed by atoms with van der Waals surface area (Å²) in [6.45, 7) is 1.96. The van der Waals surface area contributed by atoms with Gasteiger partial charge in [0, 0.05) is 6.04 Å². The van der Waals surface area contributed by atoms with Gasteiger partial charge in [-0.2, -0.15) is 0 Å². The van der Waals surface area contributed by atoms with E-state index in [1.165, 1.54) is 31.9 Å². The van der Waals surface area contributed by atoms with Crippen molar-refractivity contribution in [1.82, 2.24) is 15.3 Å². The first-order valence-corrected chi connectivity index (χ1v) is 8.17. The molecule has 2 N–H and O–H groups in total. The first kappa shape index (κ1) is 15.5. The lowest BCUT2D eigenvalue weighted by molar-refractivity contribution is 0.0934. The predicted molar refractivity (Wildman–Crippen MR) is 90.2 cm³/mol. The van der Waals surface area contributed by atoms with Crippen molar-refractivity contribution < 1.29 is 4.79 Å². The summed E-state index contributed by atoms with van der Waals surface area (Å²) in [6.07, 6.45) is 8.06. The first-order chi connectivity index (χ1) is 11.2. The molecule has 0 bridgehead atoms. The molecular formula is C18H22N4O. The second-order valence-electron chi connectivity index (χ2n) is 6.02. The Balaban J connectivity index is 1.59. The molecule has 5 heteroatoms. The number of rotatable bonds is 5. The van der Waals surface area contributed by atoms with Gasteiger partial charge >= 0.3 is 0 Å². The zero-order valence-corrected chi connectivity index (χ0v) is 13.3. The summed E-state index contributed by atoms with van der Waals surface area (Å²) in [4.78, 5) is 20.8. The van der Waals surface area contributed by atoms with Gasteiger partial charge in [-0.1, -0.05) is 43.2 Å². The molecule has 0 saturated heterocycles. The van der Waals surface area contributed by atoms with Gasteiger partial charge in [-0.15, -0.1) is 0 Å². The number of nitrogens with zero attached hydrogens (tertiary/aromatic N) is 2. The van der Waals surface area contributed by atoms with E-state index in [4.69, 9.17) is 0 Å². The van der Waals surface area contributed by atoms with Crippen LogP contribution in [0.5, 0.6) is 0 Å². The molecule has 120 valence electrons. The van der Waals surface area contributed by atoms with E-state index < -0.39 is 0 Å². The number of benzene rings is 1. The molecule has 3 rings (SSSR count). The Morgan fingerprint density at radius 3 is 2.52 bits per heavy atom. The highest BCUT2D eigenvalue weighted by Gasteiger charge is 2.16. The maximum absolute atomic E-state index is 12.3. The third-order valence-electron chi connectivity index (χ3n) is 4.24. The van der Waals surface area contributed by atoms with E-state index >= 15 is 0 Å². The number of nitrogens with one attached hydrogen (secondary N) is 2. The lowest BCUT2D eigenvalue weighted by Gasteiger charge is -2.14. The molecule has 1 atom stereocenters. The van der Waals surface area contributed by atoms with E-state index in [1.54, 1.807) is 6.20 Å². The van der Waals surface area contributed by atoms with Crippen molar-refractivity contribution in [2.75, 3.05) is 5.32 Å². The van der Waals surface area contributed by atoms with Gasteiger partial charge in [0.2, 0.25) is 0 Å². The molecule has 0 aliphatic heterocycles. The maximum Gasteiger partial charge on any atom is 0.271 e. The van der Waals surface area contributed by atoms with Gasteiger partial charge in [-0.25, -0.2) is 9.97 Å². The van der Waals surface area contributed by atoms with Crippen LogP contribution in [0.4, 0.5) is 5.82 Å². The minimum atomic E-state index is -0.207. The van der Waals surface area contributed by atoms with Crippen molar-refractivity contribution in [3.8, 4) is 0 Å². The van der Waals surface area contributed by atoms with Gasteiger partial charge < -0.3 is 10.6 Å². The smallest absolute Gasteiger partial charge is 0.271 e. The van der Waals surface area contributed by atoms with Crippen LogP contribution in [-0.2, 0) is 0 Å². The van der Waals surface area contributed by atoms with E-state index in [9.17, 15) is 4.79 Å². The highest BCUT2D eigenvalue weighted by Crippen LogP contribution is 2.21. The Bertz CT molecular complexity index is 636.